The monoisotopic (exact) mass is 466 g/mol. The predicted molar refractivity (Wildman–Crippen MR) is 129 cm³/mol. The molecule has 6 nitrogen and oxygen atoms in total. The van der Waals surface area contributed by atoms with Crippen LogP contribution in [0.1, 0.15) is 68.2 Å². The topological polar surface area (TPSA) is 87.5 Å². The first-order valence-electron chi connectivity index (χ1n) is 12.0. The summed E-state index contributed by atoms with van der Waals surface area (Å²) < 4.78 is 0. The summed E-state index contributed by atoms with van der Waals surface area (Å²) >= 11 is 6.27. The number of aryl methyl sites for hydroxylation is 2. The number of carbonyl (C=O) groups excluding carboxylic acids is 1. The Balaban J connectivity index is 1.34. The molecule has 3 aliphatic rings. The van der Waals surface area contributed by atoms with Gasteiger partial charge in [0.05, 0.1) is 11.4 Å². The molecule has 0 spiro atoms. The average molecular weight is 467 g/mol. The van der Waals surface area contributed by atoms with Crippen LogP contribution in [0.25, 0.3) is 0 Å². The van der Waals surface area contributed by atoms with E-state index in [1.54, 1.807) is 6.07 Å². The van der Waals surface area contributed by atoms with Crippen LogP contribution in [0, 0.1) is 30.1 Å². The molecule has 5 atom stereocenters. The number of nitrogens with one attached hydrogen (secondary N) is 1. The van der Waals surface area contributed by atoms with E-state index in [0.717, 1.165) is 55.0 Å². The Hall–Kier alpha value is -2.47. The summed E-state index contributed by atoms with van der Waals surface area (Å²) in [7, 11) is 0. The number of aromatic nitrogens is 2. The molecule has 2 aromatic rings. The van der Waals surface area contributed by atoms with E-state index >= 15 is 0 Å². The van der Waals surface area contributed by atoms with Crippen LogP contribution < -0.4 is 5.32 Å². The van der Waals surface area contributed by atoms with E-state index in [2.05, 4.69) is 39.7 Å². The van der Waals surface area contributed by atoms with Crippen molar-refractivity contribution in [2.45, 2.75) is 64.7 Å². The number of fused-ring (bicyclic) bond motifs is 5. The number of oxime groups is 1. The van der Waals surface area contributed by atoms with Gasteiger partial charge in [0.15, 0.2) is 5.82 Å². The lowest BCUT2D eigenvalue weighted by atomic mass is 9.54. The Morgan fingerprint density at radius 3 is 2.88 bits per heavy atom. The zero-order valence-corrected chi connectivity index (χ0v) is 20.0. The van der Waals surface area contributed by atoms with Gasteiger partial charge in [0.1, 0.15) is 0 Å². The molecule has 2 fully saturated rings. The highest BCUT2D eigenvalue weighted by Gasteiger charge is 2.57. The van der Waals surface area contributed by atoms with E-state index in [1.165, 1.54) is 11.1 Å². The smallest absolute Gasteiger partial charge is 0.225 e. The second-order valence-electron chi connectivity index (χ2n) is 10.3. The molecule has 1 aromatic heterocycles. The van der Waals surface area contributed by atoms with Gasteiger partial charge < -0.3 is 10.5 Å². The number of carbonyl (C=O) groups is 1. The van der Waals surface area contributed by atoms with Gasteiger partial charge in [-0.1, -0.05) is 29.7 Å². The zero-order chi connectivity index (χ0) is 23.2. The first-order valence-corrected chi connectivity index (χ1v) is 12.4. The highest BCUT2D eigenvalue weighted by atomic mass is 35.5. The average Bonchev–Trinajstić information content (AvgIpc) is 3.10. The third-order valence-electron chi connectivity index (χ3n) is 8.49. The number of nitrogens with zero attached hydrogens (tertiary/aromatic N) is 3. The van der Waals surface area contributed by atoms with E-state index in [0.29, 0.717) is 35.9 Å². The van der Waals surface area contributed by atoms with Gasteiger partial charge in [0, 0.05) is 16.9 Å². The van der Waals surface area contributed by atoms with E-state index in [-0.39, 0.29) is 11.3 Å². The molecule has 3 aliphatic carbocycles. The van der Waals surface area contributed by atoms with Crippen molar-refractivity contribution >= 4 is 29.0 Å². The molecular weight excluding hydrogens is 436 g/mol. The van der Waals surface area contributed by atoms with Crippen LogP contribution in [0.2, 0.25) is 5.02 Å². The summed E-state index contributed by atoms with van der Waals surface area (Å²) in [6.07, 6.45) is 6.25. The number of benzene rings is 1. The number of hydrogen-bond donors (Lipinski definition) is 2. The summed E-state index contributed by atoms with van der Waals surface area (Å²) in [5, 5.41) is 25.3. The van der Waals surface area contributed by atoms with Crippen molar-refractivity contribution in [3.63, 3.8) is 0 Å². The number of hydrogen-bond acceptors (Lipinski definition) is 5. The van der Waals surface area contributed by atoms with Gasteiger partial charge in [-0.25, -0.2) is 0 Å². The van der Waals surface area contributed by atoms with Crippen molar-refractivity contribution in [1.29, 1.82) is 0 Å². The zero-order valence-electron chi connectivity index (χ0n) is 19.2. The Kier molecular flexibility index (Phi) is 5.89. The second-order valence-corrected chi connectivity index (χ2v) is 10.7. The fourth-order valence-corrected chi connectivity index (χ4v) is 7.23. The van der Waals surface area contributed by atoms with Crippen LogP contribution in [0.15, 0.2) is 35.5 Å². The van der Waals surface area contributed by atoms with Gasteiger partial charge >= 0.3 is 0 Å². The molecule has 1 amide bonds. The quantitative estimate of drug-likeness (QED) is 0.442. The van der Waals surface area contributed by atoms with E-state index in [1.807, 2.05) is 19.1 Å². The molecule has 7 heteroatoms. The maximum atomic E-state index is 12.7. The Morgan fingerprint density at radius 2 is 2.12 bits per heavy atom. The molecule has 174 valence electrons. The van der Waals surface area contributed by atoms with Crippen molar-refractivity contribution in [2.24, 2.45) is 28.3 Å². The summed E-state index contributed by atoms with van der Waals surface area (Å²) in [4.78, 5) is 12.7. The fourth-order valence-electron chi connectivity index (χ4n) is 7.04. The fraction of sp³-hybridized carbons (Fsp3) is 0.538. The van der Waals surface area contributed by atoms with Crippen LogP contribution in [-0.2, 0) is 11.2 Å². The largest absolute Gasteiger partial charge is 0.411 e. The minimum atomic E-state index is -0.0938. The maximum absolute atomic E-state index is 12.7. The van der Waals surface area contributed by atoms with Gasteiger partial charge in [0.25, 0.3) is 0 Å². The van der Waals surface area contributed by atoms with Crippen LogP contribution in [0.5, 0.6) is 0 Å². The third-order valence-corrected chi connectivity index (χ3v) is 8.73. The molecule has 0 aliphatic heterocycles. The Labute approximate surface area is 199 Å². The van der Waals surface area contributed by atoms with Gasteiger partial charge in [0.2, 0.25) is 5.91 Å². The summed E-state index contributed by atoms with van der Waals surface area (Å²) in [5.41, 5.74) is 4.47. The number of anilines is 1. The summed E-state index contributed by atoms with van der Waals surface area (Å²) in [6, 6.07) is 9.98. The van der Waals surface area contributed by atoms with Crippen LogP contribution in [-0.4, -0.2) is 27.0 Å². The number of halogens is 1. The molecule has 0 radical (unpaired) electrons. The number of rotatable bonds is 4. The van der Waals surface area contributed by atoms with Crippen LogP contribution in [0.3, 0.4) is 0 Å². The molecule has 33 heavy (non-hydrogen) atoms. The first-order chi connectivity index (χ1) is 15.9. The summed E-state index contributed by atoms with van der Waals surface area (Å²) in [5.74, 6) is 2.24. The molecule has 0 saturated heterocycles. The predicted octanol–water partition coefficient (Wildman–Crippen LogP) is 5.77. The molecule has 2 N–H and O–H groups in total. The molecule has 0 bridgehead atoms. The molecule has 3 unspecified atom stereocenters. The van der Waals surface area contributed by atoms with Gasteiger partial charge in [-0.2, -0.15) is 5.10 Å². The van der Waals surface area contributed by atoms with Crippen molar-refractivity contribution in [2.75, 3.05) is 5.32 Å². The van der Waals surface area contributed by atoms with Crippen LogP contribution >= 0.6 is 11.6 Å². The second kappa shape index (κ2) is 8.71. The highest BCUT2D eigenvalue weighted by molar-refractivity contribution is 6.30. The first kappa shape index (κ1) is 22.3. The van der Waals surface area contributed by atoms with E-state index in [9.17, 15) is 10.0 Å². The standard InChI is InChI=1S/C26H31ClN4O2/c1-15-3-9-23(30-29-15)28-24(32)10-5-17-14-22(31-33)26(2)12-11-20-19-8-6-18(27)13-16(19)4-7-21(20)25(17)26/h3,6,8-9,13,17,20-21,25,33H,4-5,7,10-12,14H2,1-2H3,(H,28,30,32)/b31-22+/t17-,20?,21?,25?,26-/m1/s1. The molecule has 5 rings (SSSR count). The van der Waals surface area contributed by atoms with E-state index < -0.39 is 0 Å². The van der Waals surface area contributed by atoms with Crippen molar-refractivity contribution in [3.8, 4) is 0 Å². The maximum Gasteiger partial charge on any atom is 0.225 e. The van der Waals surface area contributed by atoms with Gasteiger partial charge in [-0.15, -0.1) is 5.10 Å². The Bertz CT molecular complexity index is 1090. The lowest BCUT2D eigenvalue weighted by Crippen LogP contribution is -2.44. The van der Waals surface area contributed by atoms with Crippen molar-refractivity contribution in [3.05, 3.63) is 52.2 Å². The summed E-state index contributed by atoms with van der Waals surface area (Å²) in [6.45, 7) is 4.15. The van der Waals surface area contributed by atoms with Crippen molar-refractivity contribution < 1.29 is 10.0 Å². The minimum Gasteiger partial charge on any atom is -0.411 e. The van der Waals surface area contributed by atoms with Crippen LogP contribution in [0.4, 0.5) is 5.82 Å². The van der Waals surface area contributed by atoms with Gasteiger partial charge in [-0.3, -0.25) is 4.79 Å². The molecule has 1 heterocycles. The normalized spacial score (nSPS) is 31.5. The molecular formula is C26H31ClN4O2. The Morgan fingerprint density at radius 1 is 1.27 bits per heavy atom. The minimum absolute atomic E-state index is 0.0414. The number of amides is 1. The third kappa shape index (κ3) is 4.03. The molecule has 2 saturated carbocycles. The van der Waals surface area contributed by atoms with Gasteiger partial charge in [-0.05, 0) is 105 Å². The molecule has 1 aromatic carbocycles. The van der Waals surface area contributed by atoms with Crippen molar-refractivity contribution in [1.82, 2.24) is 10.2 Å². The lowest BCUT2D eigenvalue weighted by molar-refractivity contribution is -0.116. The van der Waals surface area contributed by atoms with E-state index in [4.69, 9.17) is 11.6 Å². The highest BCUT2D eigenvalue weighted by Crippen LogP contribution is 2.62. The SMILES string of the molecule is Cc1ccc(NC(=O)CC[C@@H]2C/C(=N\O)[C@@]3(C)CCC4c5ccc(Cl)cc5CCC4C23)nn1. The lowest BCUT2D eigenvalue weighted by Gasteiger charge is -2.50.